The quantitative estimate of drug-likeness (QED) is 0.0406. The highest BCUT2D eigenvalue weighted by Gasteiger charge is 2.42. The van der Waals surface area contributed by atoms with Crippen molar-refractivity contribution in [2.45, 2.75) is 229 Å². The Morgan fingerprint density at radius 2 is 0.965 bits per heavy atom. The Hall–Kier alpha value is -3.46. The molecule has 1 aliphatic carbocycles. The van der Waals surface area contributed by atoms with E-state index in [1.807, 2.05) is 23.5 Å². The molecule has 86 heavy (non-hydrogen) atoms. The smallest absolute Gasteiger partial charge is 0.197 e. The van der Waals surface area contributed by atoms with Gasteiger partial charge in [-0.2, -0.15) is 0 Å². The van der Waals surface area contributed by atoms with E-state index in [1.165, 1.54) is 9.75 Å². The Kier molecular flexibility index (Phi) is 22.3. The van der Waals surface area contributed by atoms with Crippen LogP contribution in [0, 0.1) is 29.4 Å². The summed E-state index contributed by atoms with van der Waals surface area (Å²) in [6, 6.07) is 15.0. The summed E-state index contributed by atoms with van der Waals surface area (Å²) < 4.78 is 35.7. The third-order valence-electron chi connectivity index (χ3n) is 18.5. The Morgan fingerprint density at radius 1 is 0.419 bits per heavy atom. The summed E-state index contributed by atoms with van der Waals surface area (Å²) in [5, 5.41) is 4.39. The zero-order valence-electron chi connectivity index (χ0n) is 53.1. The molecule has 0 fully saturated rings. The van der Waals surface area contributed by atoms with Crippen molar-refractivity contribution < 1.29 is 18.4 Å². The third kappa shape index (κ3) is 13.3. The predicted octanol–water partition coefficient (Wildman–Crippen LogP) is 27.5. The van der Waals surface area contributed by atoms with Gasteiger partial charge in [0.1, 0.15) is 11.6 Å². The zero-order valence-corrected chi connectivity index (χ0v) is 59.6. The van der Waals surface area contributed by atoms with E-state index in [0.29, 0.717) is 45.9 Å². The SMILES string of the molecule is CCCCCC(CC)c1sc(-c2c3cc(-c4cc(-c5sc(-c6ccc(C(C)C)s6)c6c5C(=O)c5c(CC(CC)CCCC)sc(CC(CC)CCCC)c5C6=O)cs4)sc3c(-c3cc(F)c(CC(CC)CCCC)s3)c3cc(C(C)C)sc23)cc1F. The molecule has 0 spiro atoms. The predicted molar refractivity (Wildman–Crippen MR) is 381 cm³/mol. The van der Waals surface area contributed by atoms with Crippen molar-refractivity contribution in [2.24, 2.45) is 17.8 Å². The summed E-state index contributed by atoms with van der Waals surface area (Å²) in [4.78, 5) is 45.3. The molecule has 4 atom stereocenters. The first-order valence-electron chi connectivity index (χ1n) is 32.8. The van der Waals surface area contributed by atoms with Crippen molar-refractivity contribution in [3.63, 3.8) is 0 Å². The fraction of sp³-hybridized carbons (Fsp3) is 0.514. The van der Waals surface area contributed by atoms with Crippen molar-refractivity contribution in [1.29, 1.82) is 0 Å². The average Bonchev–Trinajstić information content (AvgIpc) is 1.60. The van der Waals surface area contributed by atoms with E-state index in [2.05, 4.69) is 119 Å². The molecular formula is C74H90F2O2S8. The number of carbonyl (C=O) groups is 2. The minimum absolute atomic E-state index is 0.0123. The highest BCUT2D eigenvalue weighted by atomic mass is 32.1. The first-order chi connectivity index (χ1) is 41.6. The van der Waals surface area contributed by atoms with Gasteiger partial charge in [-0.15, -0.1) is 90.7 Å². The summed E-state index contributed by atoms with van der Waals surface area (Å²) in [6.07, 6.45) is 20.9. The van der Waals surface area contributed by atoms with Crippen LogP contribution >= 0.6 is 90.7 Å². The fourth-order valence-electron chi connectivity index (χ4n) is 13.1. The first-order valence-corrected chi connectivity index (χ1v) is 39.4. The second-order valence-corrected chi connectivity index (χ2v) is 33.8. The lowest BCUT2D eigenvalue weighted by Crippen LogP contribution is -2.22. The van der Waals surface area contributed by atoms with Crippen molar-refractivity contribution >= 4 is 122 Å². The van der Waals surface area contributed by atoms with Crippen LogP contribution in [0.2, 0.25) is 0 Å². The van der Waals surface area contributed by atoms with Gasteiger partial charge in [-0.05, 0) is 110 Å². The van der Waals surface area contributed by atoms with Gasteiger partial charge < -0.3 is 0 Å². The second kappa shape index (κ2) is 29.2. The second-order valence-electron chi connectivity index (χ2n) is 25.2. The Labute approximate surface area is 545 Å². The summed E-state index contributed by atoms with van der Waals surface area (Å²) in [5.41, 5.74) is 5.64. The van der Waals surface area contributed by atoms with Gasteiger partial charge in [0.25, 0.3) is 0 Å². The van der Waals surface area contributed by atoms with Crippen LogP contribution in [-0.2, 0) is 19.3 Å². The summed E-state index contributed by atoms with van der Waals surface area (Å²) in [5.74, 6) is 1.90. The van der Waals surface area contributed by atoms with Crippen molar-refractivity contribution in [3.05, 3.63) is 111 Å². The van der Waals surface area contributed by atoms with Gasteiger partial charge in [0, 0.05) is 112 Å². The van der Waals surface area contributed by atoms with E-state index in [4.69, 9.17) is 0 Å². The van der Waals surface area contributed by atoms with E-state index in [0.717, 1.165) is 219 Å². The van der Waals surface area contributed by atoms with Gasteiger partial charge in [-0.1, -0.05) is 179 Å². The van der Waals surface area contributed by atoms with Gasteiger partial charge in [0.05, 0.1) is 16.0 Å². The topological polar surface area (TPSA) is 34.1 Å². The highest BCUT2D eigenvalue weighted by molar-refractivity contribution is 7.28. The zero-order chi connectivity index (χ0) is 61.1. The van der Waals surface area contributed by atoms with Crippen LogP contribution in [0.1, 0.15) is 271 Å². The van der Waals surface area contributed by atoms with E-state index in [-0.39, 0.29) is 35.0 Å². The van der Waals surface area contributed by atoms with Crippen LogP contribution in [0.3, 0.4) is 0 Å². The Morgan fingerprint density at radius 3 is 1.52 bits per heavy atom. The molecule has 0 N–H and O–H groups in total. The minimum atomic E-state index is -0.116. The van der Waals surface area contributed by atoms with E-state index < -0.39 is 0 Å². The monoisotopic (exact) mass is 1300 g/mol. The molecule has 1 aromatic carbocycles. The number of rotatable bonds is 31. The number of hydrogen-bond donors (Lipinski definition) is 0. The Balaban J connectivity index is 1.17. The molecule has 8 aromatic heterocycles. The first kappa shape index (κ1) is 65.5. The van der Waals surface area contributed by atoms with E-state index >= 15 is 18.4 Å². The van der Waals surface area contributed by atoms with E-state index in [1.54, 1.807) is 79.4 Å². The lowest BCUT2D eigenvalue weighted by Gasteiger charge is -2.19. The van der Waals surface area contributed by atoms with Crippen LogP contribution < -0.4 is 0 Å². The number of thiophene rings is 8. The number of hydrogen-bond acceptors (Lipinski definition) is 10. The van der Waals surface area contributed by atoms with Crippen LogP contribution in [0.15, 0.2) is 47.8 Å². The molecule has 12 heteroatoms. The molecule has 0 bridgehead atoms. The fourth-order valence-corrected chi connectivity index (χ4v) is 23.2. The minimum Gasteiger partial charge on any atom is -0.288 e. The maximum atomic E-state index is 16.8. The normalized spacial score (nSPS) is 14.2. The number of fused-ring (bicyclic) bond motifs is 4. The van der Waals surface area contributed by atoms with Gasteiger partial charge in [0.15, 0.2) is 11.6 Å². The molecule has 0 saturated heterocycles. The lowest BCUT2D eigenvalue weighted by molar-refractivity contribution is 0.0980. The van der Waals surface area contributed by atoms with Crippen LogP contribution in [0.5, 0.6) is 0 Å². The van der Waals surface area contributed by atoms with Gasteiger partial charge in [0.2, 0.25) is 0 Å². The molecule has 0 amide bonds. The van der Waals surface area contributed by atoms with Gasteiger partial charge >= 0.3 is 0 Å². The molecule has 10 rings (SSSR count). The van der Waals surface area contributed by atoms with Crippen molar-refractivity contribution in [1.82, 2.24) is 0 Å². The Bertz CT molecular complexity index is 3800. The summed E-state index contributed by atoms with van der Waals surface area (Å²) in [7, 11) is 0. The number of halogens is 2. The van der Waals surface area contributed by atoms with Gasteiger partial charge in [-0.25, -0.2) is 8.78 Å². The van der Waals surface area contributed by atoms with Crippen molar-refractivity contribution in [2.75, 3.05) is 0 Å². The van der Waals surface area contributed by atoms with Gasteiger partial charge in [-0.3, -0.25) is 9.59 Å². The number of carbonyl (C=O) groups excluding carboxylic acids is 2. The molecule has 0 saturated carbocycles. The number of ketones is 2. The third-order valence-corrected chi connectivity index (χ3v) is 28.7. The molecule has 1 aliphatic rings. The largest absolute Gasteiger partial charge is 0.288 e. The molecule has 8 heterocycles. The standard InChI is InChI=1S/C74H90F2O2S8/c1-13-21-25-29-46(20-8)70-51(76)39-61(85-70)63-49-37-57(84-73(49)62(48-36-54(42(11)12)83-72(48)63)60-38-50(75)55(81-60)32-43(17-5)26-22-14-2)56-35-47(40-79-56)71-66-67(74(86-71)53-31-30-52(80-53)41(9)10)69(78)65-59(34-45(19-7)28-24-16-4)82-58(64(65)68(66)77)33-44(18-6)27-23-15-3/h30-31,35-46H,13-29,32-34H2,1-12H3. The van der Waals surface area contributed by atoms with Crippen molar-refractivity contribution in [3.8, 4) is 50.8 Å². The molecule has 2 nitrogen and oxygen atoms in total. The molecule has 460 valence electrons. The van der Waals surface area contributed by atoms with E-state index in [9.17, 15) is 0 Å². The van der Waals surface area contributed by atoms with Crippen LogP contribution in [-0.4, -0.2) is 11.6 Å². The molecular weight excluding hydrogens is 1220 g/mol. The highest BCUT2D eigenvalue weighted by Crippen LogP contribution is 2.57. The number of unbranched alkanes of at least 4 members (excludes halogenated alkanes) is 5. The average molecular weight is 1310 g/mol. The lowest BCUT2D eigenvalue weighted by atomic mass is 9.81. The molecule has 9 aromatic rings. The number of benzene rings is 1. The molecule has 0 aliphatic heterocycles. The molecule has 0 radical (unpaired) electrons. The molecule has 4 unspecified atom stereocenters. The summed E-state index contributed by atoms with van der Waals surface area (Å²) >= 11 is 13.6. The van der Waals surface area contributed by atoms with Crippen LogP contribution in [0.25, 0.3) is 71.0 Å². The maximum absolute atomic E-state index is 16.8. The maximum Gasteiger partial charge on any atom is 0.197 e. The van der Waals surface area contributed by atoms with Crippen LogP contribution in [0.4, 0.5) is 8.78 Å². The summed E-state index contributed by atoms with van der Waals surface area (Å²) in [6.45, 7) is 26.9.